The molecule has 7 nitrogen and oxygen atoms in total. The molecule has 2 aromatic heterocycles. The molecule has 2 rings (SSSR count). The van der Waals surface area contributed by atoms with Crippen molar-refractivity contribution in [2.24, 2.45) is 0 Å². The van der Waals surface area contributed by atoms with Crippen LogP contribution in [0, 0.1) is 0 Å². The van der Waals surface area contributed by atoms with Crippen molar-refractivity contribution in [1.82, 2.24) is 14.5 Å². The zero-order valence-corrected chi connectivity index (χ0v) is 11.4. The van der Waals surface area contributed by atoms with Crippen molar-refractivity contribution in [3.8, 4) is 0 Å². The van der Waals surface area contributed by atoms with E-state index in [1.54, 1.807) is 18.4 Å². The van der Waals surface area contributed by atoms with Crippen molar-refractivity contribution < 1.29 is 12.8 Å². The molecule has 0 aromatic carbocycles. The van der Waals surface area contributed by atoms with Crippen molar-refractivity contribution in [2.75, 3.05) is 12.3 Å². The van der Waals surface area contributed by atoms with Gasteiger partial charge in [0.15, 0.2) is 5.82 Å². The fraction of sp³-hybridized carbons (Fsp3) is 0.364. The molecule has 0 fully saturated rings. The predicted molar refractivity (Wildman–Crippen MR) is 69.9 cm³/mol. The average molecular weight is 284 g/mol. The molecular formula is C11H16N4O3S. The lowest BCUT2D eigenvalue weighted by Gasteiger charge is -2.03. The topological polar surface area (TPSA) is 103 Å². The minimum atomic E-state index is -3.63. The molecule has 0 aliphatic rings. The van der Waals surface area contributed by atoms with E-state index in [1.165, 1.54) is 10.9 Å². The third-order valence-corrected chi connectivity index (χ3v) is 4.09. The van der Waals surface area contributed by atoms with Crippen LogP contribution in [-0.4, -0.2) is 24.7 Å². The number of sulfonamides is 1. The van der Waals surface area contributed by atoms with Crippen LogP contribution in [0.5, 0.6) is 0 Å². The highest BCUT2D eigenvalue weighted by atomic mass is 32.2. The lowest BCUT2D eigenvalue weighted by Crippen LogP contribution is -2.26. The van der Waals surface area contributed by atoms with Crippen LogP contribution in [0.1, 0.15) is 12.7 Å². The van der Waals surface area contributed by atoms with Gasteiger partial charge in [-0.25, -0.2) is 13.1 Å². The van der Waals surface area contributed by atoms with E-state index in [9.17, 15) is 8.42 Å². The fourth-order valence-electron chi connectivity index (χ4n) is 1.63. The summed E-state index contributed by atoms with van der Waals surface area (Å²) in [5.41, 5.74) is 5.60. The summed E-state index contributed by atoms with van der Waals surface area (Å²) in [4.78, 5) is 0.00814. The molecule has 8 heteroatoms. The van der Waals surface area contributed by atoms with Crippen LogP contribution in [0.2, 0.25) is 0 Å². The molecule has 0 aliphatic carbocycles. The van der Waals surface area contributed by atoms with Crippen LogP contribution < -0.4 is 10.5 Å². The average Bonchev–Trinajstić information content (AvgIpc) is 2.98. The number of nitrogens with zero attached hydrogens (tertiary/aromatic N) is 2. The number of hydrogen-bond donors (Lipinski definition) is 2. The van der Waals surface area contributed by atoms with E-state index in [0.717, 1.165) is 5.76 Å². The molecule has 0 radical (unpaired) electrons. The Labute approximate surface area is 111 Å². The van der Waals surface area contributed by atoms with Gasteiger partial charge in [0.25, 0.3) is 0 Å². The van der Waals surface area contributed by atoms with Gasteiger partial charge >= 0.3 is 0 Å². The van der Waals surface area contributed by atoms with Gasteiger partial charge in [0, 0.05) is 25.7 Å². The van der Waals surface area contributed by atoms with Crippen LogP contribution in [0.4, 0.5) is 5.82 Å². The second-order valence-corrected chi connectivity index (χ2v) is 5.70. The second kappa shape index (κ2) is 5.45. The Kier molecular flexibility index (Phi) is 3.91. The van der Waals surface area contributed by atoms with Crippen LogP contribution in [0.3, 0.4) is 0 Å². The monoisotopic (exact) mass is 284 g/mol. The van der Waals surface area contributed by atoms with Gasteiger partial charge in [0.1, 0.15) is 10.7 Å². The number of nitrogens with two attached hydrogens (primary N) is 1. The lowest BCUT2D eigenvalue weighted by molar-refractivity contribution is 0.506. The molecule has 0 aliphatic heterocycles. The molecule has 0 unspecified atom stereocenters. The van der Waals surface area contributed by atoms with Gasteiger partial charge in [-0.3, -0.25) is 4.68 Å². The maximum absolute atomic E-state index is 12.0. The normalized spacial score (nSPS) is 11.8. The quantitative estimate of drug-likeness (QED) is 0.808. The third-order valence-electron chi connectivity index (χ3n) is 2.61. The zero-order chi connectivity index (χ0) is 13.9. The lowest BCUT2D eigenvalue weighted by atomic mass is 10.3. The first-order valence-corrected chi connectivity index (χ1v) is 7.36. The molecule has 19 heavy (non-hydrogen) atoms. The molecule has 2 aromatic rings. The Morgan fingerprint density at radius 2 is 2.32 bits per heavy atom. The number of nitrogens with one attached hydrogen (secondary N) is 1. The summed E-state index contributed by atoms with van der Waals surface area (Å²) >= 11 is 0. The second-order valence-electron chi connectivity index (χ2n) is 3.96. The summed E-state index contributed by atoms with van der Waals surface area (Å²) in [5.74, 6) is 0.729. The number of rotatable bonds is 6. The van der Waals surface area contributed by atoms with Gasteiger partial charge in [-0.1, -0.05) is 0 Å². The summed E-state index contributed by atoms with van der Waals surface area (Å²) in [5, 5.41) is 3.91. The highest BCUT2D eigenvalue weighted by molar-refractivity contribution is 7.89. The fourth-order valence-corrected chi connectivity index (χ4v) is 2.73. The largest absolute Gasteiger partial charge is 0.469 e. The van der Waals surface area contributed by atoms with E-state index in [-0.39, 0.29) is 17.3 Å². The molecule has 3 N–H and O–H groups in total. The van der Waals surface area contributed by atoms with Crippen LogP contribution in [-0.2, 0) is 23.0 Å². The Hall–Kier alpha value is -1.80. The highest BCUT2D eigenvalue weighted by Crippen LogP contribution is 2.15. The maximum Gasteiger partial charge on any atom is 0.245 e. The summed E-state index contributed by atoms with van der Waals surface area (Å²) in [6, 6.07) is 3.55. The number of nitrogen functional groups attached to an aromatic ring is 1. The first-order valence-electron chi connectivity index (χ1n) is 5.88. The Bertz CT molecular complexity index is 631. The van der Waals surface area contributed by atoms with E-state index in [4.69, 9.17) is 10.2 Å². The van der Waals surface area contributed by atoms with Crippen molar-refractivity contribution >= 4 is 15.8 Å². The van der Waals surface area contributed by atoms with E-state index in [2.05, 4.69) is 9.82 Å². The molecule has 0 atom stereocenters. The number of anilines is 1. The summed E-state index contributed by atoms with van der Waals surface area (Å²) < 4.78 is 33.1. The summed E-state index contributed by atoms with van der Waals surface area (Å²) in [6.07, 6.45) is 3.45. The van der Waals surface area contributed by atoms with Gasteiger partial charge in [-0.2, -0.15) is 5.10 Å². The van der Waals surface area contributed by atoms with Crippen molar-refractivity contribution in [2.45, 2.75) is 24.8 Å². The minimum Gasteiger partial charge on any atom is -0.469 e. The minimum absolute atomic E-state index is 0.00680. The van der Waals surface area contributed by atoms with E-state index < -0.39 is 10.0 Å². The molecule has 0 amide bonds. The Balaban J connectivity index is 2.03. The molecule has 0 saturated carbocycles. The predicted octanol–water partition coefficient (Wildman–Crippen LogP) is 0.599. The first kappa shape index (κ1) is 13.6. The molecule has 0 spiro atoms. The van der Waals surface area contributed by atoms with E-state index in [0.29, 0.717) is 13.0 Å². The van der Waals surface area contributed by atoms with Crippen LogP contribution in [0.25, 0.3) is 0 Å². The Morgan fingerprint density at radius 3 is 2.89 bits per heavy atom. The zero-order valence-electron chi connectivity index (χ0n) is 10.5. The van der Waals surface area contributed by atoms with Gasteiger partial charge < -0.3 is 10.2 Å². The number of aryl methyl sites for hydroxylation is 1. The van der Waals surface area contributed by atoms with Crippen molar-refractivity contribution in [1.29, 1.82) is 0 Å². The highest BCUT2D eigenvalue weighted by Gasteiger charge is 2.20. The van der Waals surface area contributed by atoms with Crippen molar-refractivity contribution in [3.63, 3.8) is 0 Å². The Morgan fingerprint density at radius 1 is 1.53 bits per heavy atom. The summed E-state index contributed by atoms with van der Waals surface area (Å²) in [6.45, 7) is 2.66. The summed E-state index contributed by atoms with van der Waals surface area (Å²) in [7, 11) is -3.63. The molecule has 0 bridgehead atoms. The first-order chi connectivity index (χ1) is 9.03. The third kappa shape index (κ3) is 3.15. The molecule has 0 saturated heterocycles. The molecular weight excluding hydrogens is 268 g/mol. The SMILES string of the molecule is CCn1cc(S(=O)(=O)NCCc2ccco2)c(N)n1. The van der Waals surface area contributed by atoms with Crippen molar-refractivity contribution in [3.05, 3.63) is 30.4 Å². The maximum atomic E-state index is 12.0. The van der Waals surface area contributed by atoms with Crippen LogP contribution in [0.15, 0.2) is 33.9 Å². The smallest absolute Gasteiger partial charge is 0.245 e. The van der Waals surface area contributed by atoms with Gasteiger partial charge in [-0.05, 0) is 19.1 Å². The van der Waals surface area contributed by atoms with E-state index in [1.807, 2.05) is 6.92 Å². The van der Waals surface area contributed by atoms with E-state index >= 15 is 0 Å². The van der Waals surface area contributed by atoms with Gasteiger partial charge in [-0.15, -0.1) is 0 Å². The van der Waals surface area contributed by atoms with Crippen LogP contribution >= 0.6 is 0 Å². The molecule has 2 heterocycles. The number of furan rings is 1. The van der Waals surface area contributed by atoms with Gasteiger partial charge in [0.05, 0.1) is 6.26 Å². The van der Waals surface area contributed by atoms with Gasteiger partial charge in [0.2, 0.25) is 10.0 Å². The number of hydrogen-bond acceptors (Lipinski definition) is 5. The molecule has 104 valence electrons. The standard InChI is InChI=1S/C11H16N4O3S/c1-2-15-8-10(11(12)14-15)19(16,17)13-6-5-9-4-3-7-18-9/h3-4,7-8,13H,2,5-6H2,1H3,(H2,12,14). The number of aromatic nitrogens is 2.